The van der Waals surface area contributed by atoms with Crippen LogP contribution in [0.1, 0.15) is 37.9 Å². The third-order valence-electron chi connectivity index (χ3n) is 5.72. The minimum atomic E-state index is -0.786. The number of para-hydroxylation sites is 1. The first-order valence-electron chi connectivity index (χ1n) is 10.3. The van der Waals surface area contributed by atoms with Gasteiger partial charge in [0.15, 0.2) is 0 Å². The van der Waals surface area contributed by atoms with Crippen LogP contribution >= 0.6 is 0 Å². The fourth-order valence-electron chi connectivity index (χ4n) is 4.22. The first kappa shape index (κ1) is 20.4. The van der Waals surface area contributed by atoms with Gasteiger partial charge in [0, 0.05) is 28.2 Å². The molecule has 3 N–H and O–H groups in total. The van der Waals surface area contributed by atoms with E-state index >= 15 is 0 Å². The molecule has 164 valence electrons. The first-order valence-corrected chi connectivity index (χ1v) is 10.3. The molecule has 2 heterocycles. The summed E-state index contributed by atoms with van der Waals surface area (Å²) in [6.07, 6.45) is 1.84. The molecule has 3 amide bonds. The predicted octanol–water partition coefficient (Wildman–Crippen LogP) is 3.31. The van der Waals surface area contributed by atoms with Gasteiger partial charge in [-0.25, -0.2) is 4.39 Å². The van der Waals surface area contributed by atoms with Crippen LogP contribution in [0.15, 0.2) is 79.0 Å². The van der Waals surface area contributed by atoms with Crippen molar-refractivity contribution in [2.45, 2.75) is 6.04 Å². The van der Waals surface area contributed by atoms with Gasteiger partial charge in [0.25, 0.3) is 17.7 Å². The molecule has 5 rings (SSSR count). The van der Waals surface area contributed by atoms with E-state index in [1.807, 2.05) is 42.6 Å². The lowest BCUT2D eigenvalue weighted by Crippen LogP contribution is -2.47. The number of benzene rings is 3. The van der Waals surface area contributed by atoms with Crippen molar-refractivity contribution in [1.82, 2.24) is 20.7 Å². The van der Waals surface area contributed by atoms with Gasteiger partial charge in [-0.15, -0.1) is 0 Å². The van der Waals surface area contributed by atoms with E-state index in [-0.39, 0.29) is 18.0 Å². The molecule has 0 aliphatic carbocycles. The van der Waals surface area contributed by atoms with E-state index in [0.717, 1.165) is 28.1 Å². The SMILES string of the molecule is O=C(CN1C(=O)c2ccccc2C1c1c[nH]c2ccccc12)NNC(=O)c1ccccc1F. The molecule has 0 fully saturated rings. The molecule has 1 aliphatic heterocycles. The van der Waals surface area contributed by atoms with Crippen molar-refractivity contribution in [2.24, 2.45) is 0 Å². The summed E-state index contributed by atoms with van der Waals surface area (Å²) in [5.74, 6) is -2.37. The van der Waals surface area contributed by atoms with Crippen LogP contribution in [0.3, 0.4) is 0 Å². The number of halogens is 1. The molecule has 4 aromatic rings. The Morgan fingerprint density at radius 3 is 2.48 bits per heavy atom. The average Bonchev–Trinajstić information content (AvgIpc) is 3.37. The molecule has 0 spiro atoms. The second-order valence-electron chi connectivity index (χ2n) is 7.69. The number of fused-ring (bicyclic) bond motifs is 2. The number of hydrogen-bond donors (Lipinski definition) is 3. The van der Waals surface area contributed by atoms with E-state index in [2.05, 4.69) is 15.8 Å². The average molecular weight is 442 g/mol. The molecule has 0 saturated heterocycles. The molecule has 1 unspecified atom stereocenters. The maximum atomic E-state index is 13.8. The van der Waals surface area contributed by atoms with Gasteiger partial charge in [-0.1, -0.05) is 48.5 Å². The highest BCUT2D eigenvalue weighted by Crippen LogP contribution is 2.40. The summed E-state index contributed by atoms with van der Waals surface area (Å²) < 4.78 is 13.8. The zero-order chi connectivity index (χ0) is 22.9. The van der Waals surface area contributed by atoms with Crippen LogP contribution in [0.5, 0.6) is 0 Å². The van der Waals surface area contributed by atoms with Gasteiger partial charge >= 0.3 is 0 Å². The van der Waals surface area contributed by atoms with Crippen molar-refractivity contribution in [3.05, 3.63) is 107 Å². The van der Waals surface area contributed by atoms with E-state index in [9.17, 15) is 18.8 Å². The molecular formula is C25H19FN4O3. The summed E-state index contributed by atoms with van der Waals surface area (Å²) in [4.78, 5) is 42.7. The van der Waals surface area contributed by atoms with Gasteiger partial charge in [-0.3, -0.25) is 25.2 Å². The Kier molecular flexibility index (Phi) is 5.10. The van der Waals surface area contributed by atoms with Crippen LogP contribution in [0, 0.1) is 5.82 Å². The Morgan fingerprint density at radius 2 is 1.64 bits per heavy atom. The largest absolute Gasteiger partial charge is 0.361 e. The number of aromatic amines is 1. The number of rotatable bonds is 4. The number of aromatic nitrogens is 1. The zero-order valence-corrected chi connectivity index (χ0v) is 17.3. The highest BCUT2D eigenvalue weighted by molar-refractivity contribution is 6.03. The number of carbonyl (C=O) groups excluding carboxylic acids is 3. The van der Waals surface area contributed by atoms with Crippen LogP contribution in [-0.2, 0) is 4.79 Å². The molecule has 8 heteroatoms. The number of hydrazine groups is 1. The summed E-state index contributed by atoms with van der Waals surface area (Å²) in [5.41, 5.74) is 7.40. The molecular weight excluding hydrogens is 423 g/mol. The van der Waals surface area contributed by atoms with Crippen molar-refractivity contribution < 1.29 is 18.8 Å². The second kappa shape index (κ2) is 8.23. The Morgan fingerprint density at radius 1 is 0.909 bits per heavy atom. The first-order chi connectivity index (χ1) is 16.0. The number of H-pyrrole nitrogens is 1. The van der Waals surface area contributed by atoms with E-state index < -0.39 is 23.7 Å². The monoisotopic (exact) mass is 442 g/mol. The van der Waals surface area contributed by atoms with Gasteiger partial charge in [-0.05, 0) is 29.8 Å². The fourth-order valence-corrected chi connectivity index (χ4v) is 4.22. The van der Waals surface area contributed by atoms with Crippen LogP contribution in [0.2, 0.25) is 0 Å². The van der Waals surface area contributed by atoms with E-state index in [4.69, 9.17) is 0 Å². The van der Waals surface area contributed by atoms with Gasteiger partial charge in [0.05, 0.1) is 11.6 Å². The van der Waals surface area contributed by atoms with Crippen LogP contribution in [0.25, 0.3) is 10.9 Å². The molecule has 0 saturated carbocycles. The minimum absolute atomic E-state index is 0.195. The summed E-state index contributed by atoms with van der Waals surface area (Å²) >= 11 is 0. The standard InChI is InChI=1S/C25H19FN4O3/c26-20-11-5-3-10-18(20)24(32)29-28-22(31)14-30-23(16-8-1-2-9-17(16)25(30)33)19-13-27-21-12-6-4-7-15(19)21/h1-13,23,27H,14H2,(H,28,31)(H,29,32). The van der Waals surface area contributed by atoms with E-state index in [1.165, 1.54) is 23.1 Å². The molecule has 0 bridgehead atoms. The molecule has 1 aliphatic rings. The normalized spacial score (nSPS) is 14.9. The summed E-state index contributed by atoms with van der Waals surface area (Å²) in [6, 6.07) is 19.9. The van der Waals surface area contributed by atoms with Crippen molar-refractivity contribution >= 4 is 28.6 Å². The van der Waals surface area contributed by atoms with Crippen LogP contribution in [-0.4, -0.2) is 34.2 Å². The molecule has 1 aromatic heterocycles. The van der Waals surface area contributed by atoms with Crippen LogP contribution < -0.4 is 10.9 Å². The molecule has 0 radical (unpaired) electrons. The number of amides is 3. The maximum absolute atomic E-state index is 13.8. The van der Waals surface area contributed by atoms with Crippen LogP contribution in [0.4, 0.5) is 4.39 Å². The summed E-state index contributed by atoms with van der Waals surface area (Å²) in [7, 11) is 0. The van der Waals surface area contributed by atoms with Gasteiger partial charge in [0.1, 0.15) is 12.4 Å². The molecule has 33 heavy (non-hydrogen) atoms. The number of hydrogen-bond acceptors (Lipinski definition) is 3. The van der Waals surface area contributed by atoms with Crippen molar-refractivity contribution in [3.8, 4) is 0 Å². The summed E-state index contributed by atoms with van der Waals surface area (Å²) in [5, 5.41) is 0.949. The maximum Gasteiger partial charge on any atom is 0.272 e. The lowest BCUT2D eigenvalue weighted by molar-refractivity contribution is -0.122. The minimum Gasteiger partial charge on any atom is -0.361 e. The fraction of sp³-hybridized carbons (Fsp3) is 0.0800. The molecule has 1 atom stereocenters. The topological polar surface area (TPSA) is 94.3 Å². The van der Waals surface area contributed by atoms with Gasteiger partial charge in [0.2, 0.25) is 0 Å². The van der Waals surface area contributed by atoms with E-state index in [0.29, 0.717) is 5.56 Å². The quantitative estimate of drug-likeness (QED) is 0.423. The smallest absolute Gasteiger partial charge is 0.272 e. The Hall–Kier alpha value is -4.46. The lowest BCUT2D eigenvalue weighted by atomic mass is 9.97. The Bertz CT molecular complexity index is 1400. The third-order valence-corrected chi connectivity index (χ3v) is 5.72. The number of nitrogens with one attached hydrogen (secondary N) is 3. The van der Waals surface area contributed by atoms with Gasteiger partial charge in [-0.2, -0.15) is 0 Å². The highest BCUT2D eigenvalue weighted by atomic mass is 19.1. The van der Waals surface area contributed by atoms with Crippen molar-refractivity contribution in [1.29, 1.82) is 0 Å². The molecule has 3 aromatic carbocycles. The predicted molar refractivity (Wildman–Crippen MR) is 120 cm³/mol. The van der Waals surface area contributed by atoms with Crippen molar-refractivity contribution in [3.63, 3.8) is 0 Å². The highest BCUT2D eigenvalue weighted by Gasteiger charge is 2.39. The second-order valence-corrected chi connectivity index (χ2v) is 7.69. The van der Waals surface area contributed by atoms with Crippen molar-refractivity contribution in [2.75, 3.05) is 6.54 Å². The number of nitrogens with zero attached hydrogens (tertiary/aromatic N) is 1. The third kappa shape index (κ3) is 3.61. The number of carbonyl (C=O) groups is 3. The lowest BCUT2D eigenvalue weighted by Gasteiger charge is -2.25. The van der Waals surface area contributed by atoms with E-state index in [1.54, 1.807) is 12.1 Å². The van der Waals surface area contributed by atoms with Gasteiger partial charge < -0.3 is 9.88 Å². The Labute approximate surface area is 188 Å². The Balaban J connectivity index is 1.39. The molecule has 7 nitrogen and oxygen atoms in total. The zero-order valence-electron chi connectivity index (χ0n) is 17.3. The summed E-state index contributed by atoms with van der Waals surface area (Å²) in [6.45, 7) is -0.296.